The molecule has 1 N–H and O–H groups in total. The van der Waals surface area contributed by atoms with Crippen molar-refractivity contribution in [2.24, 2.45) is 0 Å². The molecule has 0 radical (unpaired) electrons. The summed E-state index contributed by atoms with van der Waals surface area (Å²) < 4.78 is 29.1. The van der Waals surface area contributed by atoms with E-state index in [1.54, 1.807) is 18.2 Å². The lowest BCUT2D eigenvalue weighted by molar-refractivity contribution is -0.140. The number of rotatable bonds is 13. The van der Waals surface area contributed by atoms with E-state index in [1.165, 1.54) is 35.2 Å². The van der Waals surface area contributed by atoms with E-state index in [0.717, 1.165) is 27.4 Å². The Labute approximate surface area is 269 Å². The number of aryl methyl sites for hydroxylation is 1. The van der Waals surface area contributed by atoms with Crippen LogP contribution in [0.4, 0.5) is 5.69 Å². The van der Waals surface area contributed by atoms with Gasteiger partial charge in [-0.05, 0) is 66.9 Å². The normalized spacial score (nSPS) is 11.9. The molecule has 44 heavy (non-hydrogen) atoms. The molecule has 0 aliphatic heterocycles. The monoisotopic (exact) mass is 651 g/mol. The van der Waals surface area contributed by atoms with Crippen LogP contribution in [-0.2, 0) is 32.6 Å². The van der Waals surface area contributed by atoms with Crippen LogP contribution in [0.25, 0.3) is 0 Å². The zero-order valence-corrected chi connectivity index (χ0v) is 26.9. The van der Waals surface area contributed by atoms with E-state index >= 15 is 0 Å². The zero-order valence-electron chi connectivity index (χ0n) is 24.6. The quantitative estimate of drug-likeness (QED) is 0.175. The van der Waals surface area contributed by atoms with Crippen molar-refractivity contribution in [3.63, 3.8) is 0 Å². The van der Waals surface area contributed by atoms with Gasteiger partial charge in [0.25, 0.3) is 10.0 Å². The molecular weight excluding hydrogens is 617 g/mol. The number of amides is 2. The fourth-order valence-corrected chi connectivity index (χ4v) is 6.54. The number of carbonyl (C=O) groups is 2. The molecule has 0 heterocycles. The summed E-state index contributed by atoms with van der Waals surface area (Å²) >= 11 is 12.3. The van der Waals surface area contributed by atoms with Crippen molar-refractivity contribution >= 4 is 50.7 Å². The number of benzene rings is 4. The van der Waals surface area contributed by atoms with Crippen molar-refractivity contribution in [2.45, 2.75) is 44.2 Å². The highest BCUT2D eigenvalue weighted by atomic mass is 35.5. The Morgan fingerprint density at radius 1 is 0.818 bits per heavy atom. The standard InChI is InChI=1S/C34H35Cl2N3O4S/c1-3-19-37-34(41)32(21-26-10-5-4-6-11-26)38(23-27-12-7-9-25(2)20-27)33(40)24-39(30-14-8-13-29(36)22-30)44(42,43)31-17-15-28(35)16-18-31/h4-18,20,22,32H,3,19,21,23-24H2,1-2H3,(H,37,41)/t32-/m0/s1. The molecule has 0 unspecified atom stereocenters. The number of nitrogens with one attached hydrogen (secondary N) is 1. The Morgan fingerprint density at radius 2 is 1.50 bits per heavy atom. The molecule has 2 amide bonds. The molecule has 0 aromatic heterocycles. The molecule has 4 aromatic rings. The fourth-order valence-electron chi connectivity index (χ4n) is 4.82. The van der Waals surface area contributed by atoms with Gasteiger partial charge in [0.15, 0.2) is 0 Å². The van der Waals surface area contributed by atoms with Crippen LogP contribution in [-0.4, -0.2) is 44.3 Å². The second kappa shape index (κ2) is 15.2. The molecule has 7 nitrogen and oxygen atoms in total. The minimum atomic E-state index is -4.25. The van der Waals surface area contributed by atoms with Crippen molar-refractivity contribution < 1.29 is 18.0 Å². The van der Waals surface area contributed by atoms with E-state index in [2.05, 4.69) is 5.32 Å². The van der Waals surface area contributed by atoms with Crippen molar-refractivity contribution in [3.8, 4) is 0 Å². The van der Waals surface area contributed by atoms with Gasteiger partial charge in [0.2, 0.25) is 11.8 Å². The Bertz CT molecular complexity index is 1680. The van der Waals surface area contributed by atoms with E-state index in [0.29, 0.717) is 16.6 Å². The maximum Gasteiger partial charge on any atom is 0.264 e. The van der Waals surface area contributed by atoms with Gasteiger partial charge < -0.3 is 10.2 Å². The molecular formula is C34H35Cl2N3O4S. The van der Waals surface area contributed by atoms with E-state index in [1.807, 2.05) is 68.4 Å². The molecule has 0 aliphatic rings. The molecule has 0 fully saturated rings. The van der Waals surface area contributed by atoms with Crippen molar-refractivity contribution in [1.82, 2.24) is 10.2 Å². The number of nitrogens with zero attached hydrogens (tertiary/aromatic N) is 2. The lowest BCUT2D eigenvalue weighted by atomic mass is 10.0. The second-order valence-electron chi connectivity index (χ2n) is 10.5. The van der Waals surface area contributed by atoms with Crippen LogP contribution < -0.4 is 9.62 Å². The lowest BCUT2D eigenvalue weighted by Crippen LogP contribution is -2.53. The summed E-state index contributed by atoms with van der Waals surface area (Å²) in [5, 5.41) is 3.63. The first-order valence-corrected chi connectivity index (χ1v) is 16.5. The second-order valence-corrected chi connectivity index (χ2v) is 13.2. The van der Waals surface area contributed by atoms with Crippen molar-refractivity contribution in [1.29, 1.82) is 0 Å². The van der Waals surface area contributed by atoms with Gasteiger partial charge in [-0.2, -0.15) is 0 Å². The van der Waals surface area contributed by atoms with Crippen LogP contribution in [0.5, 0.6) is 0 Å². The average Bonchev–Trinajstić information content (AvgIpc) is 3.01. The molecule has 10 heteroatoms. The summed E-state index contributed by atoms with van der Waals surface area (Å²) in [6.07, 6.45) is 0.965. The molecule has 4 rings (SSSR count). The Hall–Kier alpha value is -3.85. The maximum atomic E-state index is 14.4. The van der Waals surface area contributed by atoms with Crippen molar-refractivity contribution in [2.75, 3.05) is 17.4 Å². The summed E-state index contributed by atoms with van der Waals surface area (Å²) in [6.45, 7) is 3.87. The number of hydrogen-bond acceptors (Lipinski definition) is 4. The van der Waals surface area contributed by atoms with E-state index in [4.69, 9.17) is 23.2 Å². The molecule has 0 bridgehead atoms. The molecule has 4 aromatic carbocycles. The van der Waals surface area contributed by atoms with E-state index < -0.39 is 28.5 Å². The minimum Gasteiger partial charge on any atom is -0.354 e. The first kappa shape index (κ1) is 33.1. The van der Waals surface area contributed by atoms with Gasteiger partial charge in [-0.3, -0.25) is 13.9 Å². The highest BCUT2D eigenvalue weighted by Gasteiger charge is 2.34. The van der Waals surface area contributed by atoms with Crippen LogP contribution in [0, 0.1) is 6.92 Å². The molecule has 0 saturated carbocycles. The van der Waals surface area contributed by atoms with E-state index in [-0.39, 0.29) is 29.5 Å². The van der Waals surface area contributed by atoms with Gasteiger partial charge in [0.1, 0.15) is 12.6 Å². The minimum absolute atomic E-state index is 0.0403. The molecule has 0 saturated heterocycles. The number of halogens is 2. The first-order valence-electron chi connectivity index (χ1n) is 14.3. The highest BCUT2D eigenvalue weighted by Crippen LogP contribution is 2.28. The number of anilines is 1. The van der Waals surface area contributed by atoms with Crippen LogP contribution >= 0.6 is 23.2 Å². The summed E-state index contributed by atoms with van der Waals surface area (Å²) in [6, 6.07) is 28.2. The third kappa shape index (κ3) is 8.62. The van der Waals surface area contributed by atoms with Crippen LogP contribution in [0.2, 0.25) is 10.0 Å². The summed E-state index contributed by atoms with van der Waals surface area (Å²) in [5.74, 6) is -0.858. The third-order valence-corrected chi connectivity index (χ3v) is 9.31. The Balaban J connectivity index is 1.80. The SMILES string of the molecule is CCCNC(=O)[C@H](Cc1ccccc1)N(Cc1cccc(C)c1)C(=O)CN(c1cccc(Cl)c1)S(=O)(=O)c1ccc(Cl)cc1. The summed E-state index contributed by atoms with van der Waals surface area (Å²) in [5.41, 5.74) is 2.89. The largest absolute Gasteiger partial charge is 0.354 e. The van der Waals surface area contributed by atoms with Gasteiger partial charge in [0.05, 0.1) is 10.6 Å². The number of hydrogen-bond donors (Lipinski definition) is 1. The number of carbonyl (C=O) groups excluding carboxylic acids is 2. The predicted octanol–water partition coefficient (Wildman–Crippen LogP) is 6.66. The van der Waals surface area contributed by atoms with Gasteiger partial charge in [-0.25, -0.2) is 8.42 Å². The lowest BCUT2D eigenvalue weighted by Gasteiger charge is -2.34. The van der Waals surface area contributed by atoms with Crippen LogP contribution in [0.3, 0.4) is 0 Å². The van der Waals surface area contributed by atoms with Gasteiger partial charge in [0, 0.05) is 29.6 Å². The first-order chi connectivity index (χ1) is 21.1. The number of sulfonamides is 1. The average molecular weight is 653 g/mol. The third-order valence-electron chi connectivity index (χ3n) is 7.03. The van der Waals surface area contributed by atoms with Crippen molar-refractivity contribution in [3.05, 3.63) is 130 Å². The molecule has 0 spiro atoms. The highest BCUT2D eigenvalue weighted by molar-refractivity contribution is 7.92. The summed E-state index contributed by atoms with van der Waals surface area (Å²) in [4.78, 5) is 29.6. The van der Waals surface area contributed by atoms with Gasteiger partial charge in [-0.15, -0.1) is 0 Å². The Kier molecular flexibility index (Phi) is 11.4. The zero-order chi connectivity index (χ0) is 31.7. The van der Waals surface area contributed by atoms with Gasteiger partial charge >= 0.3 is 0 Å². The summed E-state index contributed by atoms with van der Waals surface area (Å²) in [7, 11) is -4.25. The fraction of sp³-hybridized carbons (Fsp3) is 0.235. The smallest absolute Gasteiger partial charge is 0.264 e. The van der Waals surface area contributed by atoms with Gasteiger partial charge in [-0.1, -0.05) is 96.4 Å². The predicted molar refractivity (Wildman–Crippen MR) is 176 cm³/mol. The topological polar surface area (TPSA) is 86.8 Å². The molecule has 1 atom stereocenters. The van der Waals surface area contributed by atoms with E-state index in [9.17, 15) is 18.0 Å². The molecule has 230 valence electrons. The van der Waals surface area contributed by atoms with Crippen LogP contribution in [0.1, 0.15) is 30.0 Å². The Morgan fingerprint density at radius 3 is 2.16 bits per heavy atom. The maximum absolute atomic E-state index is 14.4. The van der Waals surface area contributed by atoms with Crippen LogP contribution in [0.15, 0.2) is 108 Å². The molecule has 0 aliphatic carbocycles.